The zero-order chi connectivity index (χ0) is 21.3. The van der Waals surface area contributed by atoms with Crippen LogP contribution in [0.1, 0.15) is 23.5 Å². The van der Waals surface area contributed by atoms with Crippen LogP contribution in [0.3, 0.4) is 0 Å². The van der Waals surface area contributed by atoms with Crippen LogP contribution in [0.4, 0.5) is 5.69 Å². The Kier molecular flexibility index (Phi) is 5.56. The molecule has 4 rings (SSSR count). The molecule has 3 aromatic carbocycles. The first-order valence-electron chi connectivity index (χ1n) is 9.80. The number of ether oxygens (including phenoxy) is 1. The van der Waals surface area contributed by atoms with Gasteiger partial charge in [0, 0.05) is 30.3 Å². The van der Waals surface area contributed by atoms with Crippen LogP contribution in [-0.2, 0) is 4.79 Å². The van der Waals surface area contributed by atoms with E-state index in [0.717, 1.165) is 28.0 Å². The smallest absolute Gasteiger partial charge is 0.227 e. The van der Waals surface area contributed by atoms with Gasteiger partial charge in [-0.3, -0.25) is 4.79 Å². The molecule has 1 heterocycles. The third-order valence-electron chi connectivity index (χ3n) is 5.39. The van der Waals surface area contributed by atoms with Crippen LogP contribution in [0.2, 0.25) is 5.02 Å². The van der Waals surface area contributed by atoms with E-state index in [1.54, 1.807) is 4.90 Å². The number of carbonyl (C=O) groups is 1. The van der Waals surface area contributed by atoms with Crippen LogP contribution < -0.4 is 20.8 Å². The first kappa shape index (κ1) is 20.1. The van der Waals surface area contributed by atoms with Crippen molar-refractivity contribution in [3.63, 3.8) is 0 Å². The predicted molar refractivity (Wildman–Crippen MR) is 126 cm³/mol. The van der Waals surface area contributed by atoms with Crippen molar-refractivity contribution in [3.05, 3.63) is 89.5 Å². The Morgan fingerprint density at radius 1 is 1.10 bits per heavy atom. The second-order valence-corrected chi connectivity index (χ2v) is 7.95. The molecule has 1 fully saturated rings. The molecule has 2 N–H and O–H groups in total. The molecule has 1 saturated heterocycles. The summed E-state index contributed by atoms with van der Waals surface area (Å²) in [7, 11) is 1.99. The third kappa shape index (κ3) is 4.07. The van der Waals surface area contributed by atoms with Gasteiger partial charge in [-0.25, -0.2) is 0 Å². The van der Waals surface area contributed by atoms with E-state index in [4.69, 9.17) is 22.1 Å². The van der Waals surface area contributed by atoms with Crippen LogP contribution in [0.25, 0.3) is 5.70 Å². The lowest BCUT2D eigenvalue weighted by atomic mass is 9.95. The SMILES string of the molecule is Bc1ccccc1Oc1cc([C@H]2CC(=O)N(c3cccc(C(=C)N)c3)C2)ccc1Cl. The number of hydrogen-bond acceptors (Lipinski definition) is 3. The molecule has 0 unspecified atom stereocenters. The van der Waals surface area contributed by atoms with Crippen molar-refractivity contribution in [1.82, 2.24) is 0 Å². The molecule has 1 aliphatic heterocycles. The summed E-state index contributed by atoms with van der Waals surface area (Å²) in [5.41, 5.74) is 10.0. The van der Waals surface area contributed by atoms with E-state index in [2.05, 4.69) is 6.58 Å². The van der Waals surface area contributed by atoms with Gasteiger partial charge in [0.15, 0.2) is 0 Å². The average molecular weight is 417 g/mol. The minimum atomic E-state index is 0.0544. The molecule has 0 radical (unpaired) electrons. The normalized spacial score (nSPS) is 16.0. The van der Waals surface area contributed by atoms with Crippen molar-refractivity contribution in [2.75, 3.05) is 11.4 Å². The third-order valence-corrected chi connectivity index (χ3v) is 5.71. The highest BCUT2D eigenvalue weighted by Gasteiger charge is 2.32. The Morgan fingerprint density at radius 2 is 1.90 bits per heavy atom. The molecule has 0 aliphatic carbocycles. The van der Waals surface area contributed by atoms with E-state index in [1.165, 1.54) is 0 Å². The van der Waals surface area contributed by atoms with Crippen molar-refractivity contribution in [3.8, 4) is 11.5 Å². The highest BCUT2D eigenvalue weighted by molar-refractivity contribution is 6.34. The zero-order valence-corrected chi connectivity index (χ0v) is 17.5. The van der Waals surface area contributed by atoms with E-state index >= 15 is 0 Å². The van der Waals surface area contributed by atoms with E-state index in [-0.39, 0.29) is 11.8 Å². The molecule has 4 nitrogen and oxygen atoms in total. The van der Waals surface area contributed by atoms with Gasteiger partial charge in [0.2, 0.25) is 5.91 Å². The monoisotopic (exact) mass is 416 g/mol. The molecule has 3 aromatic rings. The molecule has 0 spiro atoms. The predicted octanol–water partition coefficient (Wildman–Crippen LogP) is 3.84. The fraction of sp³-hybridized carbons (Fsp3) is 0.125. The van der Waals surface area contributed by atoms with Crippen molar-refractivity contribution in [1.29, 1.82) is 0 Å². The molecular formula is C24H22BClN2O2. The van der Waals surface area contributed by atoms with Crippen molar-refractivity contribution in [2.45, 2.75) is 12.3 Å². The molecule has 30 heavy (non-hydrogen) atoms. The standard InChI is InChI=1S/C24H22BClN2O2/c1-15(27)16-5-4-6-19(11-16)28-14-18(13-24(28)29)17-9-10-21(26)23(12-17)30-22-8-3-2-7-20(22)25/h2-12,18H,1,13-14,25,27H2/t18-/m0/s1. The Balaban J connectivity index is 1.58. The Hall–Kier alpha value is -3.18. The highest BCUT2D eigenvalue weighted by atomic mass is 35.5. The van der Waals surface area contributed by atoms with Gasteiger partial charge in [0.05, 0.1) is 5.02 Å². The summed E-state index contributed by atoms with van der Waals surface area (Å²) in [5.74, 6) is 1.49. The first-order valence-corrected chi connectivity index (χ1v) is 10.2. The van der Waals surface area contributed by atoms with Gasteiger partial charge < -0.3 is 15.4 Å². The molecule has 0 saturated carbocycles. The van der Waals surface area contributed by atoms with Gasteiger partial charge in [0.25, 0.3) is 0 Å². The van der Waals surface area contributed by atoms with Crippen LogP contribution in [0, 0.1) is 0 Å². The summed E-state index contributed by atoms with van der Waals surface area (Å²) in [4.78, 5) is 14.5. The topological polar surface area (TPSA) is 55.6 Å². The summed E-state index contributed by atoms with van der Waals surface area (Å²) < 4.78 is 6.07. The number of halogens is 1. The van der Waals surface area contributed by atoms with Crippen molar-refractivity contribution in [2.24, 2.45) is 5.73 Å². The van der Waals surface area contributed by atoms with Crippen LogP contribution >= 0.6 is 11.6 Å². The van der Waals surface area contributed by atoms with Gasteiger partial charge in [-0.2, -0.15) is 0 Å². The van der Waals surface area contributed by atoms with E-state index in [9.17, 15) is 4.79 Å². The number of nitrogens with two attached hydrogens (primary N) is 1. The van der Waals surface area contributed by atoms with Gasteiger partial charge in [0.1, 0.15) is 19.3 Å². The van der Waals surface area contributed by atoms with Crippen molar-refractivity contribution < 1.29 is 9.53 Å². The Morgan fingerprint density at radius 3 is 2.67 bits per heavy atom. The number of rotatable bonds is 5. The summed E-state index contributed by atoms with van der Waals surface area (Å²) >= 11 is 6.38. The number of amides is 1. The summed E-state index contributed by atoms with van der Waals surface area (Å²) in [6, 6.07) is 21.1. The molecule has 0 aromatic heterocycles. The van der Waals surface area contributed by atoms with Gasteiger partial charge in [-0.1, -0.05) is 54.6 Å². The molecule has 6 heteroatoms. The maximum atomic E-state index is 12.7. The van der Waals surface area contributed by atoms with Gasteiger partial charge in [-0.05, 0) is 46.9 Å². The quantitative estimate of drug-likeness (QED) is 0.643. The van der Waals surface area contributed by atoms with Crippen molar-refractivity contribution >= 4 is 42.2 Å². The maximum absolute atomic E-state index is 12.7. The molecule has 1 atom stereocenters. The molecular weight excluding hydrogens is 395 g/mol. The molecule has 1 amide bonds. The first-order chi connectivity index (χ1) is 14.4. The largest absolute Gasteiger partial charge is 0.456 e. The second-order valence-electron chi connectivity index (χ2n) is 7.54. The van der Waals surface area contributed by atoms with Crippen LogP contribution in [-0.4, -0.2) is 20.3 Å². The number of carbonyl (C=O) groups excluding carboxylic acids is 1. The Bertz CT molecular complexity index is 1130. The average Bonchev–Trinajstić information content (AvgIpc) is 3.13. The summed E-state index contributed by atoms with van der Waals surface area (Å²) in [6.07, 6.45) is 0.430. The minimum absolute atomic E-state index is 0.0544. The van der Waals surface area contributed by atoms with Crippen LogP contribution in [0.15, 0.2) is 73.3 Å². The highest BCUT2D eigenvalue weighted by Crippen LogP contribution is 2.37. The second kappa shape index (κ2) is 8.29. The number of nitrogens with zero attached hydrogens (tertiary/aromatic N) is 1. The lowest BCUT2D eigenvalue weighted by Crippen LogP contribution is -2.24. The van der Waals surface area contributed by atoms with Gasteiger partial charge in [-0.15, -0.1) is 0 Å². The van der Waals surface area contributed by atoms with Crippen LogP contribution in [0.5, 0.6) is 11.5 Å². The summed E-state index contributed by atoms with van der Waals surface area (Å²) in [6.45, 7) is 4.37. The fourth-order valence-electron chi connectivity index (χ4n) is 3.70. The number of hydrogen-bond donors (Lipinski definition) is 1. The molecule has 0 bridgehead atoms. The minimum Gasteiger partial charge on any atom is -0.456 e. The molecule has 1 aliphatic rings. The number of benzene rings is 3. The number of para-hydroxylation sites is 1. The summed E-state index contributed by atoms with van der Waals surface area (Å²) in [5, 5.41) is 0.539. The Labute approximate surface area is 182 Å². The van der Waals surface area contributed by atoms with Gasteiger partial charge >= 0.3 is 0 Å². The zero-order valence-electron chi connectivity index (χ0n) is 16.8. The lowest BCUT2D eigenvalue weighted by Gasteiger charge is -2.18. The maximum Gasteiger partial charge on any atom is 0.227 e. The molecule has 150 valence electrons. The number of anilines is 1. The lowest BCUT2D eigenvalue weighted by molar-refractivity contribution is -0.117. The van der Waals surface area contributed by atoms with E-state index < -0.39 is 0 Å². The van der Waals surface area contributed by atoms with E-state index in [1.807, 2.05) is 74.6 Å². The van der Waals surface area contributed by atoms with E-state index in [0.29, 0.717) is 29.4 Å². The fourth-order valence-corrected chi connectivity index (χ4v) is 3.85.